The van der Waals surface area contributed by atoms with Crippen molar-refractivity contribution < 1.29 is 0 Å². The van der Waals surface area contributed by atoms with E-state index in [2.05, 4.69) is 10.2 Å². The fourth-order valence-electron chi connectivity index (χ4n) is 1.50. The number of aromatic nitrogens is 3. The Morgan fingerprint density at radius 1 is 1.19 bits per heavy atom. The van der Waals surface area contributed by atoms with Crippen LogP contribution in [0.4, 0.5) is 0 Å². The SMILES string of the molecule is NCCCCCSc1nnc2ccccn12. The molecule has 0 spiro atoms. The molecule has 86 valence electrons. The maximum atomic E-state index is 5.45. The van der Waals surface area contributed by atoms with Gasteiger partial charge in [0.15, 0.2) is 10.8 Å². The third-order valence-corrected chi connectivity index (χ3v) is 3.39. The van der Waals surface area contributed by atoms with Crippen molar-refractivity contribution in [3.63, 3.8) is 0 Å². The molecule has 5 heteroatoms. The van der Waals surface area contributed by atoms with E-state index in [0.717, 1.165) is 29.5 Å². The summed E-state index contributed by atoms with van der Waals surface area (Å²) < 4.78 is 2.02. The topological polar surface area (TPSA) is 56.2 Å². The van der Waals surface area contributed by atoms with E-state index >= 15 is 0 Å². The van der Waals surface area contributed by atoms with E-state index in [0.29, 0.717) is 0 Å². The van der Waals surface area contributed by atoms with Gasteiger partial charge in [-0.3, -0.25) is 4.40 Å². The Balaban J connectivity index is 1.89. The van der Waals surface area contributed by atoms with Gasteiger partial charge in [0.05, 0.1) is 0 Å². The number of hydrogen-bond donors (Lipinski definition) is 1. The van der Waals surface area contributed by atoms with Crippen molar-refractivity contribution in [3.05, 3.63) is 24.4 Å². The molecule has 0 aliphatic rings. The summed E-state index contributed by atoms with van der Waals surface area (Å²) in [5.41, 5.74) is 6.36. The van der Waals surface area contributed by atoms with Gasteiger partial charge >= 0.3 is 0 Å². The number of hydrogen-bond acceptors (Lipinski definition) is 4. The number of rotatable bonds is 6. The first-order valence-corrected chi connectivity index (χ1v) is 6.53. The standard InChI is InChI=1S/C11H16N4S/c12-7-3-1-5-9-16-11-14-13-10-6-2-4-8-15(10)11/h2,4,6,8H,1,3,5,7,9,12H2. The molecule has 0 aromatic carbocycles. The highest BCUT2D eigenvalue weighted by atomic mass is 32.2. The first-order valence-electron chi connectivity index (χ1n) is 5.54. The first kappa shape index (κ1) is 11.4. The number of fused-ring (bicyclic) bond motifs is 1. The minimum absolute atomic E-state index is 0.790. The van der Waals surface area contributed by atoms with Crippen LogP contribution in [-0.4, -0.2) is 26.9 Å². The van der Waals surface area contributed by atoms with Gasteiger partial charge in [-0.1, -0.05) is 24.2 Å². The van der Waals surface area contributed by atoms with E-state index in [1.54, 1.807) is 11.8 Å². The molecule has 2 rings (SSSR count). The molecule has 0 saturated heterocycles. The van der Waals surface area contributed by atoms with Gasteiger partial charge in [-0.2, -0.15) is 0 Å². The van der Waals surface area contributed by atoms with Crippen LogP contribution in [0, 0.1) is 0 Å². The van der Waals surface area contributed by atoms with Crippen LogP contribution in [0.5, 0.6) is 0 Å². The Kier molecular flexibility index (Phi) is 4.18. The molecule has 16 heavy (non-hydrogen) atoms. The molecule has 2 aromatic rings. The van der Waals surface area contributed by atoms with E-state index in [1.165, 1.54) is 12.8 Å². The third-order valence-electron chi connectivity index (χ3n) is 2.36. The Bertz CT molecular complexity index is 440. The highest BCUT2D eigenvalue weighted by Crippen LogP contribution is 2.18. The summed E-state index contributed by atoms with van der Waals surface area (Å²) in [5.74, 6) is 1.08. The Morgan fingerprint density at radius 3 is 3.00 bits per heavy atom. The van der Waals surface area contributed by atoms with Gasteiger partial charge < -0.3 is 5.73 Å². The summed E-state index contributed by atoms with van der Waals surface area (Å²) in [6, 6.07) is 5.93. The summed E-state index contributed by atoms with van der Waals surface area (Å²) in [4.78, 5) is 0. The molecular weight excluding hydrogens is 220 g/mol. The van der Waals surface area contributed by atoms with E-state index in [9.17, 15) is 0 Å². The van der Waals surface area contributed by atoms with Crippen molar-refractivity contribution in [2.24, 2.45) is 5.73 Å². The van der Waals surface area contributed by atoms with Crippen LogP contribution < -0.4 is 5.73 Å². The Morgan fingerprint density at radius 2 is 2.12 bits per heavy atom. The van der Waals surface area contributed by atoms with Crippen molar-refractivity contribution >= 4 is 17.4 Å². The van der Waals surface area contributed by atoms with E-state index in [1.807, 2.05) is 28.8 Å². The average molecular weight is 236 g/mol. The summed E-state index contributed by atoms with van der Waals surface area (Å²) in [5, 5.41) is 9.25. The molecule has 0 aliphatic heterocycles. The lowest BCUT2D eigenvalue weighted by atomic mass is 10.2. The molecule has 0 bridgehead atoms. The quantitative estimate of drug-likeness (QED) is 0.615. The minimum Gasteiger partial charge on any atom is -0.330 e. The fraction of sp³-hybridized carbons (Fsp3) is 0.455. The highest BCUT2D eigenvalue weighted by molar-refractivity contribution is 7.99. The summed E-state index contributed by atoms with van der Waals surface area (Å²) >= 11 is 1.76. The Hall–Kier alpha value is -1.07. The lowest BCUT2D eigenvalue weighted by Gasteiger charge is -1.99. The summed E-state index contributed by atoms with van der Waals surface area (Å²) in [6.45, 7) is 0.790. The van der Waals surface area contributed by atoms with Crippen LogP contribution in [-0.2, 0) is 0 Å². The maximum Gasteiger partial charge on any atom is 0.195 e. The zero-order chi connectivity index (χ0) is 11.2. The van der Waals surface area contributed by atoms with Gasteiger partial charge in [0.1, 0.15) is 0 Å². The van der Waals surface area contributed by atoms with E-state index in [-0.39, 0.29) is 0 Å². The van der Waals surface area contributed by atoms with Crippen LogP contribution >= 0.6 is 11.8 Å². The molecule has 2 aromatic heterocycles. The molecule has 0 atom stereocenters. The highest BCUT2D eigenvalue weighted by Gasteiger charge is 2.03. The number of unbranched alkanes of at least 4 members (excludes halogenated alkanes) is 2. The molecule has 2 N–H and O–H groups in total. The molecule has 0 radical (unpaired) electrons. The third kappa shape index (κ3) is 2.74. The van der Waals surface area contributed by atoms with E-state index in [4.69, 9.17) is 5.73 Å². The van der Waals surface area contributed by atoms with Crippen molar-refractivity contribution in [3.8, 4) is 0 Å². The largest absolute Gasteiger partial charge is 0.330 e. The monoisotopic (exact) mass is 236 g/mol. The second-order valence-corrected chi connectivity index (χ2v) is 4.67. The van der Waals surface area contributed by atoms with Gasteiger partial charge in [-0.15, -0.1) is 10.2 Å². The normalized spacial score (nSPS) is 11.1. The fourth-order valence-corrected chi connectivity index (χ4v) is 2.43. The molecule has 0 unspecified atom stereocenters. The van der Waals surface area contributed by atoms with Crippen molar-refractivity contribution in [2.75, 3.05) is 12.3 Å². The van der Waals surface area contributed by atoms with Crippen molar-refractivity contribution in [1.29, 1.82) is 0 Å². The predicted molar refractivity (Wildman–Crippen MR) is 66.6 cm³/mol. The second kappa shape index (κ2) is 5.86. The smallest absolute Gasteiger partial charge is 0.195 e. The van der Waals surface area contributed by atoms with Gasteiger partial charge in [0.2, 0.25) is 0 Å². The van der Waals surface area contributed by atoms with Crippen LogP contribution in [0.2, 0.25) is 0 Å². The van der Waals surface area contributed by atoms with Gasteiger partial charge in [-0.05, 0) is 31.5 Å². The van der Waals surface area contributed by atoms with Gasteiger partial charge in [0, 0.05) is 11.9 Å². The lowest BCUT2D eigenvalue weighted by Crippen LogP contribution is -1.98. The summed E-state index contributed by atoms with van der Waals surface area (Å²) in [7, 11) is 0. The molecule has 0 saturated carbocycles. The molecule has 0 amide bonds. The number of pyridine rings is 1. The molecular formula is C11H16N4S. The number of nitrogens with zero attached hydrogens (tertiary/aromatic N) is 3. The van der Waals surface area contributed by atoms with Crippen LogP contribution in [0.15, 0.2) is 29.6 Å². The first-order chi connectivity index (χ1) is 7.92. The maximum absolute atomic E-state index is 5.45. The number of nitrogens with two attached hydrogens (primary N) is 1. The Labute approximate surface area is 99.2 Å². The predicted octanol–water partition coefficient (Wildman–Crippen LogP) is 1.95. The van der Waals surface area contributed by atoms with Crippen LogP contribution in [0.25, 0.3) is 5.65 Å². The van der Waals surface area contributed by atoms with Gasteiger partial charge in [0.25, 0.3) is 0 Å². The molecule has 4 nitrogen and oxygen atoms in total. The van der Waals surface area contributed by atoms with Crippen molar-refractivity contribution in [1.82, 2.24) is 14.6 Å². The van der Waals surface area contributed by atoms with Crippen molar-refractivity contribution in [2.45, 2.75) is 24.4 Å². The zero-order valence-electron chi connectivity index (χ0n) is 9.17. The van der Waals surface area contributed by atoms with Gasteiger partial charge in [-0.25, -0.2) is 0 Å². The second-order valence-electron chi connectivity index (χ2n) is 3.61. The van der Waals surface area contributed by atoms with Crippen LogP contribution in [0.3, 0.4) is 0 Å². The molecule has 0 fully saturated rings. The molecule has 0 aliphatic carbocycles. The number of thioether (sulfide) groups is 1. The minimum atomic E-state index is 0.790. The summed E-state index contributed by atoms with van der Waals surface area (Å²) in [6.07, 6.45) is 5.49. The molecule has 2 heterocycles. The van der Waals surface area contributed by atoms with E-state index < -0.39 is 0 Å². The van der Waals surface area contributed by atoms with Crippen LogP contribution in [0.1, 0.15) is 19.3 Å². The lowest BCUT2D eigenvalue weighted by molar-refractivity contribution is 0.731. The zero-order valence-corrected chi connectivity index (χ0v) is 9.99. The average Bonchev–Trinajstić information content (AvgIpc) is 2.73.